The standard InChI is InChI=1S/C16H34N4O/c1-5-7-8-9-18-15(17-6-2)19-14-16(3,4)20-10-12-21-13-11-20/h5-14H2,1-4H3,(H2,17,18,19). The van der Waals surface area contributed by atoms with Crippen LogP contribution in [0, 0.1) is 0 Å². The van der Waals surface area contributed by atoms with Crippen LogP contribution >= 0.6 is 0 Å². The molecule has 124 valence electrons. The van der Waals surface area contributed by atoms with Gasteiger partial charge in [-0.1, -0.05) is 19.8 Å². The molecule has 1 fully saturated rings. The number of rotatable bonds is 8. The topological polar surface area (TPSA) is 48.9 Å². The molecule has 0 aromatic heterocycles. The predicted molar refractivity (Wildman–Crippen MR) is 90.0 cm³/mol. The molecule has 5 nitrogen and oxygen atoms in total. The van der Waals surface area contributed by atoms with Gasteiger partial charge in [0.25, 0.3) is 0 Å². The molecule has 21 heavy (non-hydrogen) atoms. The van der Waals surface area contributed by atoms with Gasteiger partial charge in [-0.15, -0.1) is 0 Å². The minimum absolute atomic E-state index is 0.0789. The van der Waals surface area contributed by atoms with Crippen molar-refractivity contribution in [1.29, 1.82) is 0 Å². The van der Waals surface area contributed by atoms with E-state index in [4.69, 9.17) is 9.73 Å². The Balaban J connectivity index is 2.46. The summed E-state index contributed by atoms with van der Waals surface area (Å²) in [6.07, 6.45) is 3.72. The second kappa shape index (κ2) is 10.0. The van der Waals surface area contributed by atoms with E-state index in [0.717, 1.165) is 51.9 Å². The van der Waals surface area contributed by atoms with Crippen molar-refractivity contribution in [2.75, 3.05) is 45.9 Å². The minimum atomic E-state index is 0.0789. The van der Waals surface area contributed by atoms with Gasteiger partial charge in [-0.25, -0.2) is 0 Å². The summed E-state index contributed by atoms with van der Waals surface area (Å²) in [6.45, 7) is 15.2. The number of hydrogen-bond donors (Lipinski definition) is 2. The summed E-state index contributed by atoms with van der Waals surface area (Å²) in [4.78, 5) is 7.24. The summed E-state index contributed by atoms with van der Waals surface area (Å²) in [5, 5.41) is 6.76. The Kier molecular flexibility index (Phi) is 8.69. The van der Waals surface area contributed by atoms with Gasteiger partial charge in [0.2, 0.25) is 0 Å². The highest BCUT2D eigenvalue weighted by Gasteiger charge is 2.27. The van der Waals surface area contributed by atoms with E-state index in [1.165, 1.54) is 19.3 Å². The van der Waals surface area contributed by atoms with Crippen molar-refractivity contribution in [3.63, 3.8) is 0 Å². The maximum atomic E-state index is 5.43. The summed E-state index contributed by atoms with van der Waals surface area (Å²) in [7, 11) is 0. The molecule has 1 aliphatic rings. The molecule has 0 amide bonds. The summed E-state index contributed by atoms with van der Waals surface area (Å²) < 4.78 is 5.43. The number of aliphatic imine (C=N–C) groups is 1. The molecule has 1 saturated heterocycles. The average molecular weight is 298 g/mol. The highest BCUT2D eigenvalue weighted by atomic mass is 16.5. The van der Waals surface area contributed by atoms with Crippen LogP contribution in [0.5, 0.6) is 0 Å². The van der Waals surface area contributed by atoms with Crippen molar-refractivity contribution in [2.45, 2.75) is 52.5 Å². The van der Waals surface area contributed by atoms with Gasteiger partial charge in [0.05, 0.1) is 19.8 Å². The van der Waals surface area contributed by atoms with Crippen molar-refractivity contribution in [3.8, 4) is 0 Å². The van der Waals surface area contributed by atoms with Crippen LogP contribution in [0.25, 0.3) is 0 Å². The molecule has 0 aromatic rings. The second-order valence-corrected chi connectivity index (χ2v) is 6.24. The fraction of sp³-hybridized carbons (Fsp3) is 0.938. The van der Waals surface area contributed by atoms with E-state index in [2.05, 4.69) is 43.2 Å². The first-order chi connectivity index (χ1) is 10.1. The third kappa shape index (κ3) is 7.14. The zero-order valence-corrected chi connectivity index (χ0v) is 14.4. The Labute approximate surface area is 130 Å². The van der Waals surface area contributed by atoms with Crippen molar-refractivity contribution < 1.29 is 4.74 Å². The summed E-state index contributed by atoms with van der Waals surface area (Å²) in [5.41, 5.74) is 0.0789. The lowest BCUT2D eigenvalue weighted by Gasteiger charge is -2.39. The van der Waals surface area contributed by atoms with Crippen LogP contribution in [0.4, 0.5) is 0 Å². The zero-order valence-electron chi connectivity index (χ0n) is 14.4. The highest BCUT2D eigenvalue weighted by Crippen LogP contribution is 2.16. The van der Waals surface area contributed by atoms with Crippen molar-refractivity contribution in [3.05, 3.63) is 0 Å². The molecule has 0 saturated carbocycles. The Morgan fingerprint density at radius 2 is 1.86 bits per heavy atom. The predicted octanol–water partition coefficient (Wildman–Crippen LogP) is 1.84. The zero-order chi connectivity index (χ0) is 15.6. The van der Waals surface area contributed by atoms with E-state index in [1.54, 1.807) is 0 Å². The normalized spacial score (nSPS) is 17.8. The molecular formula is C16H34N4O. The van der Waals surface area contributed by atoms with E-state index in [1.807, 2.05) is 0 Å². The Hall–Kier alpha value is -0.810. The molecule has 0 atom stereocenters. The lowest BCUT2D eigenvalue weighted by molar-refractivity contribution is -0.00683. The van der Waals surface area contributed by atoms with Crippen LogP contribution in [0.1, 0.15) is 47.0 Å². The molecule has 1 rings (SSSR count). The van der Waals surface area contributed by atoms with E-state index in [-0.39, 0.29) is 5.54 Å². The van der Waals surface area contributed by atoms with Gasteiger partial charge in [0.1, 0.15) is 0 Å². The van der Waals surface area contributed by atoms with Gasteiger partial charge in [0, 0.05) is 31.7 Å². The molecule has 1 aliphatic heterocycles. The number of hydrogen-bond acceptors (Lipinski definition) is 3. The highest BCUT2D eigenvalue weighted by molar-refractivity contribution is 5.79. The van der Waals surface area contributed by atoms with Crippen molar-refractivity contribution in [2.24, 2.45) is 4.99 Å². The summed E-state index contributed by atoms with van der Waals surface area (Å²) in [5.74, 6) is 0.940. The first-order valence-corrected chi connectivity index (χ1v) is 8.45. The van der Waals surface area contributed by atoms with Gasteiger partial charge < -0.3 is 15.4 Å². The molecule has 0 spiro atoms. The maximum Gasteiger partial charge on any atom is 0.191 e. The third-order valence-electron chi connectivity index (χ3n) is 3.91. The molecule has 5 heteroatoms. The quantitative estimate of drug-likeness (QED) is 0.408. The first-order valence-electron chi connectivity index (χ1n) is 8.45. The first kappa shape index (κ1) is 18.2. The lowest BCUT2D eigenvalue weighted by Crippen LogP contribution is -2.52. The summed E-state index contributed by atoms with van der Waals surface area (Å²) >= 11 is 0. The average Bonchev–Trinajstić information content (AvgIpc) is 2.50. The molecule has 1 heterocycles. The van der Waals surface area contributed by atoms with Crippen LogP contribution in [0.2, 0.25) is 0 Å². The number of ether oxygens (including phenoxy) is 1. The molecule has 0 bridgehead atoms. The van der Waals surface area contributed by atoms with Crippen LogP contribution in [0.15, 0.2) is 4.99 Å². The number of guanidine groups is 1. The molecule has 0 radical (unpaired) electrons. The molecule has 0 aliphatic carbocycles. The van der Waals surface area contributed by atoms with Crippen LogP contribution < -0.4 is 10.6 Å². The Bertz CT molecular complexity index is 299. The monoisotopic (exact) mass is 298 g/mol. The number of nitrogens with zero attached hydrogens (tertiary/aromatic N) is 2. The Morgan fingerprint density at radius 3 is 2.48 bits per heavy atom. The van der Waals surface area contributed by atoms with Crippen LogP contribution in [-0.4, -0.2) is 62.3 Å². The number of nitrogens with one attached hydrogen (secondary N) is 2. The molecule has 0 unspecified atom stereocenters. The van der Waals surface area contributed by atoms with Gasteiger partial charge in [0.15, 0.2) is 5.96 Å². The van der Waals surface area contributed by atoms with E-state index < -0.39 is 0 Å². The lowest BCUT2D eigenvalue weighted by atomic mass is 10.0. The van der Waals surface area contributed by atoms with Gasteiger partial charge >= 0.3 is 0 Å². The van der Waals surface area contributed by atoms with Crippen LogP contribution in [-0.2, 0) is 4.74 Å². The van der Waals surface area contributed by atoms with E-state index in [9.17, 15) is 0 Å². The fourth-order valence-electron chi connectivity index (χ4n) is 2.46. The van der Waals surface area contributed by atoms with E-state index in [0.29, 0.717) is 0 Å². The van der Waals surface area contributed by atoms with Gasteiger partial charge in [-0.3, -0.25) is 9.89 Å². The van der Waals surface area contributed by atoms with Gasteiger partial charge in [-0.05, 0) is 27.2 Å². The second-order valence-electron chi connectivity index (χ2n) is 6.24. The van der Waals surface area contributed by atoms with Crippen LogP contribution in [0.3, 0.4) is 0 Å². The minimum Gasteiger partial charge on any atom is -0.379 e. The smallest absolute Gasteiger partial charge is 0.191 e. The molecular weight excluding hydrogens is 264 g/mol. The van der Waals surface area contributed by atoms with Crippen molar-refractivity contribution in [1.82, 2.24) is 15.5 Å². The maximum absolute atomic E-state index is 5.43. The number of unbranched alkanes of at least 4 members (excludes halogenated alkanes) is 2. The number of morpholine rings is 1. The molecule has 2 N–H and O–H groups in total. The summed E-state index contributed by atoms with van der Waals surface area (Å²) in [6, 6.07) is 0. The third-order valence-corrected chi connectivity index (χ3v) is 3.91. The Morgan fingerprint density at radius 1 is 1.14 bits per heavy atom. The van der Waals surface area contributed by atoms with Crippen molar-refractivity contribution >= 4 is 5.96 Å². The van der Waals surface area contributed by atoms with Gasteiger partial charge in [-0.2, -0.15) is 0 Å². The fourth-order valence-corrected chi connectivity index (χ4v) is 2.46. The van der Waals surface area contributed by atoms with E-state index >= 15 is 0 Å². The largest absolute Gasteiger partial charge is 0.379 e. The molecule has 0 aromatic carbocycles. The SMILES string of the molecule is CCCCCNC(=NCC(C)(C)N1CCOCC1)NCC.